The number of rotatable bonds is 5. The number of aromatic nitrogens is 1. The zero-order valence-corrected chi connectivity index (χ0v) is 12.3. The molecule has 0 aliphatic carbocycles. The molecule has 0 saturated heterocycles. The van der Waals surface area contributed by atoms with E-state index < -0.39 is 6.61 Å². The van der Waals surface area contributed by atoms with Crippen LogP contribution in [0.25, 0.3) is 0 Å². The molecular weight excluding hydrogens is 290 g/mol. The number of aryl methyl sites for hydroxylation is 2. The minimum Gasteiger partial charge on any atom is -0.434 e. The standard InChI is InChI=1S/C16H16F2N2O2/c1-10-7-8-13(11(2)20-10)15(21)19-9-12-5-3-4-6-14(12)22-16(17)18/h3-8,16H,9H2,1-2H3,(H,19,21). The Morgan fingerprint density at radius 2 is 1.95 bits per heavy atom. The Bertz CT molecular complexity index is 675. The summed E-state index contributed by atoms with van der Waals surface area (Å²) in [5.74, 6) is -0.256. The monoisotopic (exact) mass is 306 g/mol. The number of pyridine rings is 1. The van der Waals surface area contributed by atoms with Gasteiger partial charge in [-0.05, 0) is 32.0 Å². The largest absolute Gasteiger partial charge is 0.434 e. The van der Waals surface area contributed by atoms with Crippen LogP contribution in [-0.2, 0) is 6.54 Å². The molecular formula is C16H16F2N2O2. The maximum atomic E-state index is 12.3. The van der Waals surface area contributed by atoms with E-state index in [-0.39, 0.29) is 18.2 Å². The van der Waals surface area contributed by atoms with Crippen molar-refractivity contribution in [3.05, 3.63) is 58.9 Å². The van der Waals surface area contributed by atoms with Gasteiger partial charge in [-0.3, -0.25) is 9.78 Å². The first-order chi connectivity index (χ1) is 10.5. The Labute approximate surface area is 127 Å². The third-order valence-corrected chi connectivity index (χ3v) is 3.10. The van der Waals surface area contributed by atoms with Crippen LogP contribution < -0.4 is 10.1 Å². The van der Waals surface area contributed by atoms with Crippen molar-refractivity contribution in [3.8, 4) is 5.75 Å². The number of amides is 1. The van der Waals surface area contributed by atoms with Gasteiger partial charge in [-0.15, -0.1) is 0 Å². The molecule has 4 nitrogen and oxygen atoms in total. The van der Waals surface area contributed by atoms with E-state index in [1.54, 1.807) is 37.3 Å². The van der Waals surface area contributed by atoms with E-state index in [9.17, 15) is 13.6 Å². The fraction of sp³-hybridized carbons (Fsp3) is 0.250. The fourth-order valence-electron chi connectivity index (χ4n) is 2.06. The van der Waals surface area contributed by atoms with E-state index in [1.165, 1.54) is 6.07 Å². The Balaban J connectivity index is 2.08. The summed E-state index contributed by atoms with van der Waals surface area (Å²) in [4.78, 5) is 16.4. The second-order valence-electron chi connectivity index (χ2n) is 4.75. The number of halogens is 2. The molecule has 2 rings (SSSR count). The highest BCUT2D eigenvalue weighted by atomic mass is 19.3. The number of hydrogen-bond donors (Lipinski definition) is 1. The first kappa shape index (κ1) is 15.9. The van der Waals surface area contributed by atoms with Gasteiger partial charge in [-0.1, -0.05) is 18.2 Å². The number of para-hydroxylation sites is 1. The predicted molar refractivity (Wildman–Crippen MR) is 78.0 cm³/mol. The number of carbonyl (C=O) groups excluding carboxylic acids is 1. The molecule has 1 amide bonds. The third-order valence-electron chi connectivity index (χ3n) is 3.10. The lowest BCUT2D eigenvalue weighted by molar-refractivity contribution is -0.0504. The quantitative estimate of drug-likeness (QED) is 0.922. The van der Waals surface area contributed by atoms with Gasteiger partial charge in [0.05, 0.1) is 11.3 Å². The molecule has 2 aromatic rings. The molecule has 0 aliphatic rings. The zero-order chi connectivity index (χ0) is 16.1. The number of nitrogens with one attached hydrogen (secondary N) is 1. The van der Waals surface area contributed by atoms with Crippen LogP contribution in [0.5, 0.6) is 5.75 Å². The number of benzene rings is 1. The zero-order valence-electron chi connectivity index (χ0n) is 12.3. The van der Waals surface area contributed by atoms with E-state index in [0.717, 1.165) is 5.69 Å². The van der Waals surface area contributed by atoms with Crippen molar-refractivity contribution in [3.63, 3.8) is 0 Å². The van der Waals surface area contributed by atoms with E-state index in [4.69, 9.17) is 0 Å². The lowest BCUT2D eigenvalue weighted by Crippen LogP contribution is -2.24. The third kappa shape index (κ3) is 4.00. The van der Waals surface area contributed by atoms with Gasteiger partial charge in [0.2, 0.25) is 0 Å². The Kier molecular flexibility index (Phi) is 5.04. The maximum absolute atomic E-state index is 12.3. The van der Waals surface area contributed by atoms with Crippen LogP contribution in [0.3, 0.4) is 0 Å². The molecule has 0 radical (unpaired) electrons. The van der Waals surface area contributed by atoms with Crippen molar-refractivity contribution in [1.29, 1.82) is 0 Å². The van der Waals surface area contributed by atoms with Gasteiger partial charge in [-0.2, -0.15) is 8.78 Å². The molecule has 0 aliphatic heterocycles. The SMILES string of the molecule is Cc1ccc(C(=O)NCc2ccccc2OC(F)F)c(C)n1. The minimum atomic E-state index is -2.90. The summed E-state index contributed by atoms with van der Waals surface area (Å²) in [5.41, 5.74) is 2.38. The first-order valence-corrected chi connectivity index (χ1v) is 6.72. The normalized spacial score (nSPS) is 10.6. The van der Waals surface area contributed by atoms with Crippen molar-refractivity contribution in [2.75, 3.05) is 0 Å². The number of hydrogen-bond acceptors (Lipinski definition) is 3. The summed E-state index contributed by atoms with van der Waals surface area (Å²) in [5, 5.41) is 2.69. The fourth-order valence-corrected chi connectivity index (χ4v) is 2.06. The molecule has 0 atom stereocenters. The van der Waals surface area contributed by atoms with Crippen LogP contribution in [0.15, 0.2) is 36.4 Å². The molecule has 0 saturated carbocycles. The lowest BCUT2D eigenvalue weighted by Gasteiger charge is -2.12. The lowest BCUT2D eigenvalue weighted by atomic mass is 10.1. The minimum absolute atomic E-state index is 0.0524. The smallest absolute Gasteiger partial charge is 0.387 e. The van der Waals surface area contributed by atoms with Crippen molar-refractivity contribution in [2.24, 2.45) is 0 Å². The van der Waals surface area contributed by atoms with Crippen LogP contribution in [-0.4, -0.2) is 17.5 Å². The van der Waals surface area contributed by atoms with Crippen LogP contribution in [0, 0.1) is 13.8 Å². The van der Waals surface area contributed by atoms with E-state index >= 15 is 0 Å². The van der Waals surface area contributed by atoms with Gasteiger partial charge >= 0.3 is 6.61 Å². The summed E-state index contributed by atoms with van der Waals surface area (Å²) in [6.45, 7) is 0.776. The van der Waals surface area contributed by atoms with Crippen LogP contribution in [0.2, 0.25) is 0 Å². The summed E-state index contributed by atoms with van der Waals surface area (Å²) < 4.78 is 29.1. The van der Waals surface area contributed by atoms with Crippen molar-refractivity contribution < 1.29 is 18.3 Å². The number of ether oxygens (including phenoxy) is 1. The molecule has 1 heterocycles. The average Bonchev–Trinajstić information content (AvgIpc) is 2.45. The van der Waals surface area contributed by atoms with Gasteiger partial charge in [0.25, 0.3) is 5.91 Å². The summed E-state index contributed by atoms with van der Waals surface area (Å²) in [6, 6.07) is 9.78. The molecule has 0 unspecified atom stereocenters. The average molecular weight is 306 g/mol. The van der Waals surface area contributed by atoms with Gasteiger partial charge in [0, 0.05) is 17.8 Å². The Morgan fingerprint density at radius 3 is 2.64 bits per heavy atom. The van der Waals surface area contributed by atoms with Gasteiger partial charge in [0.15, 0.2) is 0 Å². The van der Waals surface area contributed by atoms with Gasteiger partial charge in [0.1, 0.15) is 5.75 Å². The van der Waals surface area contributed by atoms with Gasteiger partial charge < -0.3 is 10.1 Å². The van der Waals surface area contributed by atoms with Crippen molar-refractivity contribution >= 4 is 5.91 Å². The molecule has 1 aromatic carbocycles. The van der Waals surface area contributed by atoms with E-state index in [2.05, 4.69) is 15.0 Å². The van der Waals surface area contributed by atoms with Crippen molar-refractivity contribution in [1.82, 2.24) is 10.3 Å². The summed E-state index contributed by atoms with van der Waals surface area (Å²) in [6.07, 6.45) is 0. The molecule has 116 valence electrons. The van der Waals surface area contributed by atoms with Crippen LogP contribution >= 0.6 is 0 Å². The van der Waals surface area contributed by atoms with Crippen LogP contribution in [0.4, 0.5) is 8.78 Å². The highest BCUT2D eigenvalue weighted by Gasteiger charge is 2.12. The Hall–Kier alpha value is -2.50. The predicted octanol–water partition coefficient (Wildman–Crippen LogP) is 3.23. The topological polar surface area (TPSA) is 51.2 Å². The molecule has 1 N–H and O–H groups in total. The van der Waals surface area contributed by atoms with Crippen LogP contribution in [0.1, 0.15) is 27.3 Å². The number of alkyl halides is 2. The first-order valence-electron chi connectivity index (χ1n) is 6.72. The maximum Gasteiger partial charge on any atom is 0.387 e. The summed E-state index contributed by atoms with van der Waals surface area (Å²) >= 11 is 0. The van der Waals surface area contributed by atoms with Gasteiger partial charge in [-0.25, -0.2) is 0 Å². The highest BCUT2D eigenvalue weighted by molar-refractivity contribution is 5.95. The second-order valence-corrected chi connectivity index (χ2v) is 4.75. The highest BCUT2D eigenvalue weighted by Crippen LogP contribution is 2.20. The molecule has 0 spiro atoms. The molecule has 0 fully saturated rings. The summed E-state index contributed by atoms with van der Waals surface area (Å²) in [7, 11) is 0. The molecule has 6 heteroatoms. The second kappa shape index (κ2) is 6.98. The molecule has 22 heavy (non-hydrogen) atoms. The van der Waals surface area contributed by atoms with E-state index in [1.807, 2.05) is 6.92 Å². The molecule has 1 aromatic heterocycles. The molecule has 0 bridgehead atoms. The number of carbonyl (C=O) groups is 1. The number of nitrogens with zero attached hydrogens (tertiary/aromatic N) is 1. The van der Waals surface area contributed by atoms with E-state index in [0.29, 0.717) is 16.8 Å². The Morgan fingerprint density at radius 1 is 1.23 bits per heavy atom. The van der Waals surface area contributed by atoms with Crippen molar-refractivity contribution in [2.45, 2.75) is 27.0 Å².